The van der Waals surface area contributed by atoms with Crippen molar-refractivity contribution in [3.8, 4) is 11.5 Å². The normalized spacial score (nSPS) is 12.2. The van der Waals surface area contributed by atoms with Gasteiger partial charge in [0.05, 0.1) is 42.8 Å². The van der Waals surface area contributed by atoms with E-state index in [-0.39, 0.29) is 16.6 Å². The number of nitrogens with zero attached hydrogens (tertiary/aromatic N) is 1. The van der Waals surface area contributed by atoms with Gasteiger partial charge in [0.1, 0.15) is 0 Å². The number of amides is 1. The van der Waals surface area contributed by atoms with Crippen LogP contribution >= 0.6 is 11.6 Å². The van der Waals surface area contributed by atoms with Gasteiger partial charge in [-0.15, -0.1) is 0 Å². The van der Waals surface area contributed by atoms with Gasteiger partial charge in [0.25, 0.3) is 5.91 Å². The van der Waals surface area contributed by atoms with Crippen LogP contribution in [-0.4, -0.2) is 41.8 Å². The lowest BCUT2D eigenvalue weighted by Crippen LogP contribution is -2.29. The number of hydrogen-bond acceptors (Lipinski definition) is 5. The molecule has 158 valence electrons. The predicted molar refractivity (Wildman–Crippen MR) is 115 cm³/mol. The lowest BCUT2D eigenvalue weighted by Gasteiger charge is -2.21. The summed E-state index contributed by atoms with van der Waals surface area (Å²) >= 11 is 6.20. The average molecular weight is 441 g/mol. The maximum Gasteiger partial charge on any atom is 0.253 e. The van der Waals surface area contributed by atoms with E-state index in [2.05, 4.69) is 5.32 Å². The van der Waals surface area contributed by atoms with E-state index in [4.69, 9.17) is 21.1 Å². The van der Waals surface area contributed by atoms with Gasteiger partial charge in [-0.2, -0.15) is 0 Å². The van der Waals surface area contributed by atoms with Crippen molar-refractivity contribution in [1.82, 2.24) is 5.32 Å². The van der Waals surface area contributed by atoms with Crippen LogP contribution in [0.4, 0.5) is 5.69 Å². The van der Waals surface area contributed by atoms with Gasteiger partial charge < -0.3 is 14.8 Å². The van der Waals surface area contributed by atoms with Crippen molar-refractivity contribution >= 4 is 33.2 Å². The monoisotopic (exact) mass is 440 g/mol. The first-order chi connectivity index (χ1) is 13.6. The fourth-order valence-electron chi connectivity index (χ4n) is 2.80. The molecule has 0 aliphatic rings. The topological polar surface area (TPSA) is 84.9 Å². The summed E-state index contributed by atoms with van der Waals surface area (Å²) in [6.07, 6.45) is 1.72. The van der Waals surface area contributed by atoms with Gasteiger partial charge >= 0.3 is 0 Å². The Morgan fingerprint density at radius 2 is 1.79 bits per heavy atom. The molecule has 0 unspecified atom stereocenters. The molecule has 0 saturated carbocycles. The number of sulfonamides is 1. The van der Waals surface area contributed by atoms with Gasteiger partial charge in [-0.3, -0.25) is 9.10 Å². The summed E-state index contributed by atoms with van der Waals surface area (Å²) in [4.78, 5) is 12.9. The Labute approximate surface area is 176 Å². The van der Waals surface area contributed by atoms with Gasteiger partial charge in [-0.05, 0) is 42.3 Å². The molecular weight excluding hydrogens is 416 g/mol. The summed E-state index contributed by atoms with van der Waals surface area (Å²) in [7, 11) is 1.05. The van der Waals surface area contributed by atoms with Crippen LogP contribution in [0.2, 0.25) is 5.02 Å². The van der Waals surface area contributed by atoms with Crippen molar-refractivity contribution in [2.45, 2.75) is 19.4 Å². The molecule has 7 nitrogen and oxygen atoms in total. The third-order valence-electron chi connectivity index (χ3n) is 4.58. The van der Waals surface area contributed by atoms with E-state index in [1.165, 1.54) is 19.2 Å². The maximum absolute atomic E-state index is 12.9. The Hall–Kier alpha value is -2.45. The van der Waals surface area contributed by atoms with Gasteiger partial charge in [-0.25, -0.2) is 8.42 Å². The molecule has 1 N–H and O–H groups in total. The van der Waals surface area contributed by atoms with Crippen molar-refractivity contribution in [3.05, 3.63) is 52.5 Å². The number of halogens is 1. The Morgan fingerprint density at radius 1 is 1.14 bits per heavy atom. The molecule has 0 aromatic heterocycles. The van der Waals surface area contributed by atoms with Crippen molar-refractivity contribution in [1.29, 1.82) is 0 Å². The number of hydrogen-bond donors (Lipinski definition) is 1. The number of methoxy groups -OCH3 is 2. The van der Waals surface area contributed by atoms with Gasteiger partial charge in [0.15, 0.2) is 11.5 Å². The Kier molecular flexibility index (Phi) is 7.37. The first kappa shape index (κ1) is 22.8. The van der Waals surface area contributed by atoms with E-state index in [9.17, 15) is 13.2 Å². The summed E-state index contributed by atoms with van der Waals surface area (Å²) in [6, 6.07) is 9.65. The van der Waals surface area contributed by atoms with Crippen LogP contribution in [0.25, 0.3) is 0 Å². The van der Waals surface area contributed by atoms with E-state index in [1.807, 2.05) is 19.1 Å². The van der Waals surface area contributed by atoms with E-state index in [0.29, 0.717) is 23.6 Å². The summed E-state index contributed by atoms with van der Waals surface area (Å²) in [5.41, 5.74) is 1.39. The second kappa shape index (κ2) is 9.37. The second-order valence-electron chi connectivity index (χ2n) is 6.44. The number of anilines is 1. The first-order valence-electron chi connectivity index (χ1n) is 8.88. The molecule has 0 aliphatic heterocycles. The molecule has 0 heterocycles. The molecule has 0 fully saturated rings. The smallest absolute Gasteiger partial charge is 0.253 e. The summed E-state index contributed by atoms with van der Waals surface area (Å²) in [5, 5.41) is 3.18. The molecule has 2 aromatic rings. The van der Waals surface area contributed by atoms with Crippen LogP contribution in [0, 0.1) is 0 Å². The number of ether oxygens (including phenoxy) is 2. The number of nitrogens with one attached hydrogen (secondary N) is 1. The number of rotatable bonds is 8. The van der Waals surface area contributed by atoms with Crippen LogP contribution in [0.5, 0.6) is 11.5 Å². The molecule has 0 bridgehead atoms. The minimum absolute atomic E-state index is 0.193. The van der Waals surface area contributed by atoms with Crippen LogP contribution < -0.4 is 19.1 Å². The summed E-state index contributed by atoms with van der Waals surface area (Å²) < 4.78 is 35.3. The fraction of sp³-hybridized carbons (Fsp3) is 0.350. The quantitative estimate of drug-likeness (QED) is 0.677. The van der Waals surface area contributed by atoms with Crippen LogP contribution in [0.15, 0.2) is 36.4 Å². The summed E-state index contributed by atoms with van der Waals surface area (Å²) in [5.74, 6) is 0.755. The Bertz CT molecular complexity index is 994. The van der Waals surface area contributed by atoms with Crippen LogP contribution in [0.3, 0.4) is 0 Å². The molecule has 1 amide bonds. The third kappa shape index (κ3) is 5.33. The molecular formula is C20H25ClN2O5S. The highest BCUT2D eigenvalue weighted by molar-refractivity contribution is 7.92. The molecule has 9 heteroatoms. The largest absolute Gasteiger partial charge is 0.493 e. The minimum Gasteiger partial charge on any atom is -0.493 e. The third-order valence-corrected chi connectivity index (χ3v) is 6.11. The van der Waals surface area contributed by atoms with Crippen molar-refractivity contribution in [2.75, 3.05) is 31.8 Å². The molecule has 2 aromatic carbocycles. The molecule has 29 heavy (non-hydrogen) atoms. The van der Waals surface area contributed by atoms with Crippen LogP contribution in [-0.2, 0) is 10.0 Å². The zero-order chi connectivity index (χ0) is 21.8. The lowest BCUT2D eigenvalue weighted by molar-refractivity contribution is 0.0935. The van der Waals surface area contributed by atoms with E-state index in [1.54, 1.807) is 26.4 Å². The van der Waals surface area contributed by atoms with Crippen LogP contribution in [0.1, 0.15) is 35.3 Å². The molecule has 1 atom stereocenters. The summed E-state index contributed by atoms with van der Waals surface area (Å²) in [6.45, 7) is 1.94. The molecule has 0 radical (unpaired) electrons. The highest BCUT2D eigenvalue weighted by Gasteiger charge is 2.20. The average Bonchev–Trinajstić information content (AvgIpc) is 2.70. The van der Waals surface area contributed by atoms with Gasteiger partial charge in [0.2, 0.25) is 10.0 Å². The molecule has 2 rings (SSSR count). The number of carbonyl (C=O) groups excluding carboxylic acids is 1. The minimum atomic E-state index is -3.46. The van der Waals surface area contributed by atoms with Gasteiger partial charge in [-0.1, -0.05) is 24.6 Å². The van der Waals surface area contributed by atoms with Crippen molar-refractivity contribution < 1.29 is 22.7 Å². The lowest BCUT2D eigenvalue weighted by atomic mass is 10.0. The van der Waals surface area contributed by atoms with Crippen molar-refractivity contribution in [2.24, 2.45) is 0 Å². The number of carbonyl (C=O) groups is 1. The first-order valence-corrected chi connectivity index (χ1v) is 11.1. The fourth-order valence-corrected chi connectivity index (χ4v) is 3.50. The van der Waals surface area contributed by atoms with E-state index in [0.717, 1.165) is 16.1 Å². The Morgan fingerprint density at radius 3 is 2.34 bits per heavy atom. The standard InChI is InChI=1S/C20H25ClN2O5S/c1-6-17(13-7-10-18(27-3)19(11-13)28-4)22-20(24)15-12-14(8-9-16(15)21)23(2)29(5,25)26/h7-12,17H,6H2,1-5H3,(H,22,24)/t17-/m1/s1. The van der Waals surface area contributed by atoms with E-state index >= 15 is 0 Å². The molecule has 0 saturated heterocycles. The highest BCUT2D eigenvalue weighted by Crippen LogP contribution is 2.31. The maximum atomic E-state index is 12.9. The number of benzene rings is 2. The molecule has 0 spiro atoms. The molecule has 0 aliphatic carbocycles. The highest BCUT2D eigenvalue weighted by atomic mass is 35.5. The Balaban J connectivity index is 2.32. The SMILES string of the molecule is CC[C@@H](NC(=O)c1cc(N(C)S(C)(=O)=O)ccc1Cl)c1ccc(OC)c(OC)c1. The predicted octanol–water partition coefficient (Wildman–Crippen LogP) is 3.63. The zero-order valence-electron chi connectivity index (χ0n) is 17.0. The second-order valence-corrected chi connectivity index (χ2v) is 8.86. The zero-order valence-corrected chi connectivity index (χ0v) is 18.6. The van der Waals surface area contributed by atoms with Gasteiger partial charge in [0, 0.05) is 7.05 Å². The van der Waals surface area contributed by atoms with Crippen molar-refractivity contribution in [3.63, 3.8) is 0 Å². The van der Waals surface area contributed by atoms with E-state index < -0.39 is 15.9 Å².